The molecule has 0 aliphatic carbocycles. The molecule has 0 aromatic carbocycles. The maximum atomic E-state index is 12.5. The van der Waals surface area contributed by atoms with Gasteiger partial charge in [-0.15, -0.1) is 13.2 Å². The molecule has 1 atom stereocenters. The second-order valence-electron chi connectivity index (χ2n) is 5.67. The Morgan fingerprint density at radius 2 is 2.12 bits per heavy atom. The minimum Gasteiger partial charge on any atom is -0.404 e. The number of aromatic nitrogens is 3. The van der Waals surface area contributed by atoms with Crippen molar-refractivity contribution in [3.05, 3.63) is 30.1 Å². The van der Waals surface area contributed by atoms with Crippen LogP contribution in [-0.2, 0) is 11.8 Å². The maximum absolute atomic E-state index is 12.5. The molecule has 0 bridgehead atoms. The summed E-state index contributed by atoms with van der Waals surface area (Å²) in [6.07, 6.45) is -3.26. The lowest BCUT2D eigenvalue weighted by atomic mass is 10.2. The van der Waals surface area contributed by atoms with E-state index in [1.807, 2.05) is 13.0 Å². The first-order valence-corrected chi connectivity index (χ1v) is 7.53. The van der Waals surface area contributed by atoms with Crippen LogP contribution in [0, 0.1) is 6.92 Å². The molecule has 0 spiro atoms. The minimum absolute atomic E-state index is 0.139. The number of ether oxygens (including phenoxy) is 1. The Hall–Kier alpha value is -2.78. The lowest BCUT2D eigenvalue weighted by Gasteiger charge is -2.17. The van der Waals surface area contributed by atoms with E-state index in [4.69, 9.17) is 0 Å². The molecule has 134 valence electrons. The van der Waals surface area contributed by atoms with Gasteiger partial charge in [0.25, 0.3) is 5.91 Å². The summed E-state index contributed by atoms with van der Waals surface area (Å²) in [6.45, 7) is 2.36. The summed E-state index contributed by atoms with van der Waals surface area (Å²) < 4.78 is 41.8. The number of nitrogens with zero attached hydrogens (tertiary/aromatic N) is 4. The van der Waals surface area contributed by atoms with E-state index in [0.717, 1.165) is 18.0 Å². The molecule has 3 heterocycles. The van der Waals surface area contributed by atoms with Crippen molar-refractivity contribution in [3.8, 4) is 5.75 Å². The highest BCUT2D eigenvalue weighted by Gasteiger charge is 2.34. The summed E-state index contributed by atoms with van der Waals surface area (Å²) in [4.78, 5) is 18.0. The van der Waals surface area contributed by atoms with Gasteiger partial charge in [-0.2, -0.15) is 5.10 Å². The van der Waals surface area contributed by atoms with Gasteiger partial charge in [0, 0.05) is 19.7 Å². The Labute approximate surface area is 141 Å². The first-order valence-electron chi connectivity index (χ1n) is 7.53. The lowest BCUT2D eigenvalue weighted by Crippen LogP contribution is -2.34. The highest BCUT2D eigenvalue weighted by Crippen LogP contribution is 2.25. The molecule has 3 rings (SSSR count). The number of rotatable bonds is 4. The number of amides is 1. The molecule has 1 saturated heterocycles. The van der Waals surface area contributed by atoms with Crippen molar-refractivity contribution < 1.29 is 22.7 Å². The third kappa shape index (κ3) is 3.83. The highest BCUT2D eigenvalue weighted by atomic mass is 19.4. The SMILES string of the molecule is Cc1cc(N2CCC(Nc3ccc(OC(F)(F)F)cn3)C2=O)n(C)n1. The topological polar surface area (TPSA) is 72.3 Å². The number of anilines is 2. The van der Waals surface area contributed by atoms with Crippen molar-refractivity contribution in [2.45, 2.75) is 25.7 Å². The van der Waals surface area contributed by atoms with Crippen LogP contribution in [0.3, 0.4) is 0 Å². The fraction of sp³-hybridized carbons (Fsp3) is 0.400. The van der Waals surface area contributed by atoms with Crippen LogP contribution in [-0.4, -0.2) is 39.6 Å². The average molecular weight is 355 g/mol. The number of pyridine rings is 1. The molecule has 1 amide bonds. The van der Waals surface area contributed by atoms with Crippen molar-refractivity contribution in [2.24, 2.45) is 7.05 Å². The van der Waals surface area contributed by atoms with E-state index in [2.05, 4.69) is 20.1 Å². The molecular weight excluding hydrogens is 339 g/mol. The summed E-state index contributed by atoms with van der Waals surface area (Å²) >= 11 is 0. The molecule has 0 radical (unpaired) electrons. The molecule has 1 unspecified atom stereocenters. The number of carbonyl (C=O) groups excluding carboxylic acids is 1. The molecule has 1 N–H and O–H groups in total. The Kier molecular flexibility index (Phi) is 4.27. The summed E-state index contributed by atoms with van der Waals surface area (Å²) in [5.41, 5.74) is 0.809. The van der Waals surface area contributed by atoms with Crippen LogP contribution < -0.4 is 15.0 Å². The van der Waals surface area contributed by atoms with Crippen LogP contribution in [0.15, 0.2) is 24.4 Å². The zero-order valence-electron chi connectivity index (χ0n) is 13.5. The van der Waals surface area contributed by atoms with Crippen molar-refractivity contribution in [1.29, 1.82) is 0 Å². The lowest BCUT2D eigenvalue weighted by molar-refractivity contribution is -0.274. The van der Waals surface area contributed by atoms with E-state index in [1.165, 1.54) is 6.07 Å². The first-order chi connectivity index (χ1) is 11.7. The molecule has 10 heteroatoms. The normalized spacial score (nSPS) is 17.9. The molecule has 2 aromatic heterocycles. The molecule has 2 aromatic rings. The van der Waals surface area contributed by atoms with Gasteiger partial charge >= 0.3 is 6.36 Å². The number of alkyl halides is 3. The van der Waals surface area contributed by atoms with Crippen LogP contribution in [0.5, 0.6) is 5.75 Å². The Morgan fingerprint density at radius 1 is 1.36 bits per heavy atom. The minimum atomic E-state index is -4.76. The number of halogens is 3. The summed E-state index contributed by atoms with van der Waals surface area (Å²) in [6, 6.07) is 3.80. The van der Waals surface area contributed by atoms with Crippen LogP contribution >= 0.6 is 0 Å². The van der Waals surface area contributed by atoms with Gasteiger partial charge in [-0.05, 0) is 25.5 Å². The van der Waals surface area contributed by atoms with Gasteiger partial charge in [-0.1, -0.05) is 0 Å². The van der Waals surface area contributed by atoms with Crippen molar-refractivity contribution in [3.63, 3.8) is 0 Å². The predicted molar refractivity (Wildman–Crippen MR) is 83.2 cm³/mol. The average Bonchev–Trinajstić information content (AvgIpc) is 3.02. The third-order valence-electron chi connectivity index (χ3n) is 3.75. The van der Waals surface area contributed by atoms with Crippen molar-refractivity contribution in [1.82, 2.24) is 14.8 Å². The Morgan fingerprint density at radius 3 is 2.68 bits per heavy atom. The van der Waals surface area contributed by atoms with E-state index in [0.29, 0.717) is 24.6 Å². The molecule has 1 aliphatic heterocycles. The van der Waals surface area contributed by atoms with Crippen LogP contribution in [0.4, 0.5) is 24.8 Å². The molecule has 1 aliphatic rings. The standard InChI is InChI=1S/C15H16F3N5O2/c1-9-7-13(22(2)21-9)23-6-5-11(14(23)24)20-12-4-3-10(8-19-12)25-15(16,17)18/h3-4,7-8,11H,5-6H2,1-2H3,(H,19,20). The summed E-state index contributed by atoms with van der Waals surface area (Å²) in [5, 5.41) is 7.16. The molecule has 1 fully saturated rings. The number of aryl methyl sites for hydroxylation is 2. The summed E-state index contributed by atoms with van der Waals surface area (Å²) in [5.74, 6) is 0.452. The van der Waals surface area contributed by atoms with E-state index >= 15 is 0 Å². The largest absolute Gasteiger partial charge is 0.573 e. The van der Waals surface area contributed by atoms with Crippen LogP contribution in [0.2, 0.25) is 0 Å². The Balaban J connectivity index is 1.66. The highest BCUT2D eigenvalue weighted by molar-refractivity contribution is 6.00. The number of hydrogen-bond donors (Lipinski definition) is 1. The van der Waals surface area contributed by atoms with Gasteiger partial charge in [0.05, 0.1) is 11.9 Å². The molecule has 0 saturated carbocycles. The van der Waals surface area contributed by atoms with Gasteiger partial charge < -0.3 is 10.1 Å². The summed E-state index contributed by atoms with van der Waals surface area (Å²) in [7, 11) is 1.76. The van der Waals surface area contributed by atoms with Gasteiger partial charge in [0.1, 0.15) is 23.4 Å². The zero-order valence-corrected chi connectivity index (χ0v) is 13.5. The second-order valence-corrected chi connectivity index (χ2v) is 5.67. The van der Waals surface area contributed by atoms with Crippen molar-refractivity contribution in [2.75, 3.05) is 16.8 Å². The van der Waals surface area contributed by atoms with Crippen molar-refractivity contribution >= 4 is 17.5 Å². The first kappa shape index (κ1) is 17.1. The second kappa shape index (κ2) is 6.26. The third-order valence-corrected chi connectivity index (χ3v) is 3.75. The van der Waals surface area contributed by atoms with Gasteiger partial charge in [0.2, 0.25) is 0 Å². The van der Waals surface area contributed by atoms with E-state index in [-0.39, 0.29) is 5.91 Å². The number of nitrogens with one attached hydrogen (secondary N) is 1. The number of hydrogen-bond acceptors (Lipinski definition) is 5. The van der Waals surface area contributed by atoms with E-state index in [9.17, 15) is 18.0 Å². The van der Waals surface area contributed by atoms with E-state index < -0.39 is 18.2 Å². The van der Waals surface area contributed by atoms with E-state index in [1.54, 1.807) is 16.6 Å². The fourth-order valence-corrected chi connectivity index (χ4v) is 2.73. The number of carbonyl (C=O) groups is 1. The Bertz CT molecular complexity index is 772. The quantitative estimate of drug-likeness (QED) is 0.911. The zero-order chi connectivity index (χ0) is 18.2. The molecule has 25 heavy (non-hydrogen) atoms. The van der Waals surface area contributed by atoms with Gasteiger partial charge in [-0.25, -0.2) is 4.98 Å². The van der Waals surface area contributed by atoms with Gasteiger partial charge in [0.15, 0.2) is 0 Å². The fourth-order valence-electron chi connectivity index (χ4n) is 2.73. The van der Waals surface area contributed by atoms with Crippen LogP contribution in [0.1, 0.15) is 12.1 Å². The molecule has 7 nitrogen and oxygen atoms in total. The predicted octanol–water partition coefficient (Wildman–Crippen LogP) is 2.24. The van der Waals surface area contributed by atoms with Crippen LogP contribution in [0.25, 0.3) is 0 Å². The smallest absolute Gasteiger partial charge is 0.404 e. The van der Waals surface area contributed by atoms with Gasteiger partial charge in [-0.3, -0.25) is 14.4 Å². The monoisotopic (exact) mass is 355 g/mol. The molecular formula is C15H16F3N5O2. The maximum Gasteiger partial charge on any atom is 0.573 e.